The van der Waals surface area contributed by atoms with E-state index in [0.717, 1.165) is 22.1 Å². The molecule has 90 valence electrons. The number of thioether (sulfide) groups is 1. The highest BCUT2D eigenvalue weighted by Gasteiger charge is 1.98. The third kappa shape index (κ3) is 3.71. The molecule has 1 aromatic carbocycles. The molecule has 0 unspecified atom stereocenters. The zero-order valence-electron chi connectivity index (χ0n) is 9.67. The molecule has 0 aliphatic heterocycles. The van der Waals surface area contributed by atoms with E-state index < -0.39 is 0 Å². The fourth-order valence-electron chi connectivity index (χ4n) is 1.40. The van der Waals surface area contributed by atoms with E-state index in [2.05, 4.69) is 5.10 Å². The van der Waals surface area contributed by atoms with Crippen LogP contribution in [0.25, 0.3) is 0 Å². The Labute approximate surface area is 105 Å². The zero-order valence-corrected chi connectivity index (χ0v) is 10.5. The first-order valence-corrected chi connectivity index (χ1v) is 6.32. The van der Waals surface area contributed by atoms with Crippen LogP contribution in [0.4, 0.5) is 5.69 Å². The molecule has 0 bridgehead atoms. The van der Waals surface area contributed by atoms with E-state index in [9.17, 15) is 0 Å². The van der Waals surface area contributed by atoms with Gasteiger partial charge in [-0.25, -0.2) is 0 Å². The predicted molar refractivity (Wildman–Crippen MR) is 70.3 cm³/mol. The molecule has 2 rings (SSSR count). The molecule has 17 heavy (non-hydrogen) atoms. The molecule has 0 aliphatic rings. The average Bonchev–Trinajstić information content (AvgIpc) is 2.71. The van der Waals surface area contributed by atoms with Gasteiger partial charge in [-0.2, -0.15) is 5.10 Å². The molecule has 0 fully saturated rings. The van der Waals surface area contributed by atoms with Gasteiger partial charge in [0.25, 0.3) is 0 Å². The topological polar surface area (TPSA) is 53.1 Å². The highest BCUT2D eigenvalue weighted by Crippen LogP contribution is 2.18. The fraction of sp³-hybridized carbons (Fsp3) is 0.250. The molecule has 1 heterocycles. The summed E-state index contributed by atoms with van der Waals surface area (Å²) in [6.07, 6.45) is 3.84. The number of hydrogen-bond donors (Lipinski definition) is 1. The van der Waals surface area contributed by atoms with E-state index in [1.165, 1.54) is 0 Å². The normalized spacial score (nSPS) is 10.4. The van der Waals surface area contributed by atoms with Crippen LogP contribution in [0.1, 0.15) is 0 Å². The summed E-state index contributed by atoms with van der Waals surface area (Å²) >= 11 is 1.73. The third-order valence-electron chi connectivity index (χ3n) is 2.16. The van der Waals surface area contributed by atoms with E-state index in [-0.39, 0.29) is 0 Å². The Morgan fingerprint density at radius 3 is 3.06 bits per heavy atom. The maximum absolute atomic E-state index is 5.66. The number of aryl methyl sites for hydroxylation is 1. The number of nitrogens with zero attached hydrogens (tertiary/aromatic N) is 2. The van der Waals surface area contributed by atoms with Gasteiger partial charge in [-0.1, -0.05) is 6.07 Å². The van der Waals surface area contributed by atoms with Gasteiger partial charge in [-0.3, -0.25) is 4.68 Å². The van der Waals surface area contributed by atoms with Gasteiger partial charge in [0, 0.05) is 35.6 Å². The first-order chi connectivity index (χ1) is 8.24. The van der Waals surface area contributed by atoms with Gasteiger partial charge < -0.3 is 10.5 Å². The predicted octanol–water partition coefficient (Wildman–Crippen LogP) is 2.17. The van der Waals surface area contributed by atoms with E-state index in [0.29, 0.717) is 6.61 Å². The molecular weight excluding hydrogens is 234 g/mol. The molecule has 5 heteroatoms. The summed E-state index contributed by atoms with van der Waals surface area (Å²) in [4.78, 5) is 1.16. The molecule has 0 amide bonds. The van der Waals surface area contributed by atoms with Crippen LogP contribution in [0.15, 0.2) is 41.6 Å². The van der Waals surface area contributed by atoms with Crippen molar-refractivity contribution in [3.05, 3.63) is 36.7 Å². The number of ether oxygens (including phenoxy) is 1. The monoisotopic (exact) mass is 249 g/mol. The maximum atomic E-state index is 5.66. The first kappa shape index (κ1) is 11.9. The number of rotatable bonds is 5. The zero-order chi connectivity index (χ0) is 12.1. The van der Waals surface area contributed by atoms with Crippen molar-refractivity contribution in [3.8, 4) is 5.75 Å². The Morgan fingerprint density at radius 1 is 1.47 bits per heavy atom. The smallest absolute Gasteiger partial charge is 0.121 e. The van der Waals surface area contributed by atoms with E-state index in [1.807, 2.05) is 43.7 Å². The van der Waals surface area contributed by atoms with Crippen molar-refractivity contribution in [1.29, 1.82) is 0 Å². The van der Waals surface area contributed by atoms with Crippen molar-refractivity contribution < 1.29 is 4.74 Å². The highest BCUT2D eigenvalue weighted by atomic mass is 32.2. The van der Waals surface area contributed by atoms with Gasteiger partial charge in [0.2, 0.25) is 0 Å². The van der Waals surface area contributed by atoms with Gasteiger partial charge >= 0.3 is 0 Å². The Kier molecular flexibility index (Phi) is 3.93. The summed E-state index contributed by atoms with van der Waals surface area (Å²) in [5, 5.41) is 4.10. The molecule has 0 aliphatic carbocycles. The molecule has 2 aromatic rings. The summed E-state index contributed by atoms with van der Waals surface area (Å²) in [6.45, 7) is 0.656. The van der Waals surface area contributed by atoms with Crippen molar-refractivity contribution in [2.75, 3.05) is 18.1 Å². The van der Waals surface area contributed by atoms with Crippen LogP contribution in [0, 0.1) is 0 Å². The van der Waals surface area contributed by atoms with Crippen LogP contribution < -0.4 is 10.5 Å². The molecule has 2 N–H and O–H groups in total. The minimum absolute atomic E-state index is 0.656. The lowest BCUT2D eigenvalue weighted by atomic mass is 10.3. The number of nitrogens with two attached hydrogens (primary N) is 1. The van der Waals surface area contributed by atoms with Crippen molar-refractivity contribution in [2.45, 2.75) is 4.90 Å². The minimum Gasteiger partial charge on any atom is -0.493 e. The molecule has 0 saturated carbocycles. The molecule has 4 nitrogen and oxygen atoms in total. The molecule has 0 radical (unpaired) electrons. The standard InChI is InChI=1S/C12H15N3OS/c1-15-9-12(8-14-15)17-6-5-16-11-4-2-3-10(13)7-11/h2-4,7-9H,5-6,13H2,1H3. The third-order valence-corrected chi connectivity index (χ3v) is 3.08. The van der Waals surface area contributed by atoms with Crippen molar-refractivity contribution in [2.24, 2.45) is 7.05 Å². The van der Waals surface area contributed by atoms with Crippen LogP contribution in [-0.4, -0.2) is 22.1 Å². The Balaban J connectivity index is 1.73. The SMILES string of the molecule is Cn1cc(SCCOc2cccc(N)c2)cn1. The van der Waals surface area contributed by atoms with Gasteiger partial charge in [0.1, 0.15) is 5.75 Å². The fourth-order valence-corrected chi connectivity index (χ4v) is 2.15. The number of nitrogen functional groups attached to an aromatic ring is 1. The lowest BCUT2D eigenvalue weighted by molar-refractivity contribution is 0.344. The lowest BCUT2D eigenvalue weighted by Crippen LogP contribution is -2.00. The number of aromatic nitrogens is 2. The second kappa shape index (κ2) is 5.63. The molecule has 1 aromatic heterocycles. The summed E-state index contributed by atoms with van der Waals surface area (Å²) in [5.74, 6) is 1.71. The lowest BCUT2D eigenvalue weighted by Gasteiger charge is -2.05. The largest absolute Gasteiger partial charge is 0.493 e. The molecule has 0 spiro atoms. The van der Waals surface area contributed by atoms with Crippen LogP contribution in [0.3, 0.4) is 0 Å². The maximum Gasteiger partial charge on any atom is 0.121 e. The van der Waals surface area contributed by atoms with Crippen LogP contribution in [0.2, 0.25) is 0 Å². The Morgan fingerprint density at radius 2 is 2.35 bits per heavy atom. The van der Waals surface area contributed by atoms with Gasteiger partial charge in [0.05, 0.1) is 12.8 Å². The molecular formula is C12H15N3OS. The van der Waals surface area contributed by atoms with Crippen LogP contribution in [0.5, 0.6) is 5.75 Å². The van der Waals surface area contributed by atoms with E-state index in [4.69, 9.17) is 10.5 Å². The second-order valence-electron chi connectivity index (χ2n) is 3.62. The summed E-state index contributed by atoms with van der Waals surface area (Å²) in [7, 11) is 1.91. The van der Waals surface area contributed by atoms with E-state index >= 15 is 0 Å². The van der Waals surface area contributed by atoms with Crippen LogP contribution in [-0.2, 0) is 7.05 Å². The number of benzene rings is 1. The minimum atomic E-state index is 0.656. The summed E-state index contributed by atoms with van der Waals surface area (Å²) in [5.41, 5.74) is 6.38. The van der Waals surface area contributed by atoms with Crippen molar-refractivity contribution in [1.82, 2.24) is 9.78 Å². The average molecular weight is 249 g/mol. The highest BCUT2D eigenvalue weighted by molar-refractivity contribution is 7.99. The summed E-state index contributed by atoms with van der Waals surface area (Å²) in [6, 6.07) is 7.47. The second-order valence-corrected chi connectivity index (χ2v) is 4.79. The molecule has 0 saturated heterocycles. The van der Waals surface area contributed by atoms with Crippen molar-refractivity contribution in [3.63, 3.8) is 0 Å². The van der Waals surface area contributed by atoms with Crippen LogP contribution >= 0.6 is 11.8 Å². The summed E-state index contributed by atoms with van der Waals surface area (Å²) < 4.78 is 7.38. The van der Waals surface area contributed by atoms with E-state index in [1.54, 1.807) is 16.4 Å². The van der Waals surface area contributed by atoms with Gasteiger partial charge in [-0.15, -0.1) is 11.8 Å². The molecule has 0 atom stereocenters. The van der Waals surface area contributed by atoms with Crippen molar-refractivity contribution >= 4 is 17.4 Å². The van der Waals surface area contributed by atoms with Gasteiger partial charge in [-0.05, 0) is 12.1 Å². The number of anilines is 1. The van der Waals surface area contributed by atoms with Gasteiger partial charge in [0.15, 0.2) is 0 Å². The Bertz CT molecular complexity index is 484. The quantitative estimate of drug-likeness (QED) is 0.501. The first-order valence-electron chi connectivity index (χ1n) is 5.34. The Hall–Kier alpha value is -1.62. The number of hydrogen-bond acceptors (Lipinski definition) is 4.